The molecule has 0 radical (unpaired) electrons. The van der Waals surface area contributed by atoms with Gasteiger partial charge in [-0.25, -0.2) is 0 Å². The van der Waals surface area contributed by atoms with E-state index in [4.69, 9.17) is 5.73 Å². The van der Waals surface area contributed by atoms with Gasteiger partial charge in [-0.05, 0) is 38.6 Å². The fourth-order valence-electron chi connectivity index (χ4n) is 2.81. The third-order valence-corrected chi connectivity index (χ3v) is 4.08. The van der Waals surface area contributed by atoms with Gasteiger partial charge in [0.15, 0.2) is 0 Å². The Labute approximate surface area is 98.4 Å². The van der Waals surface area contributed by atoms with Crippen molar-refractivity contribution in [1.82, 2.24) is 4.90 Å². The molecular weight excluding hydrogens is 200 g/mol. The van der Waals surface area contributed by atoms with Crippen LogP contribution in [-0.2, 0) is 4.79 Å². The van der Waals surface area contributed by atoms with E-state index in [2.05, 4.69) is 11.8 Å². The predicted molar refractivity (Wildman–Crippen MR) is 65.0 cm³/mol. The molecule has 1 amide bonds. The summed E-state index contributed by atoms with van der Waals surface area (Å²) in [5, 5.41) is 0. The molecule has 0 heterocycles. The van der Waals surface area contributed by atoms with Crippen molar-refractivity contribution >= 4 is 5.91 Å². The number of hydrogen-bond acceptors (Lipinski definition) is 2. The van der Waals surface area contributed by atoms with Gasteiger partial charge in [0.1, 0.15) is 0 Å². The molecule has 0 bridgehead atoms. The maximum atomic E-state index is 12.5. The second-order valence-corrected chi connectivity index (χ2v) is 5.64. The van der Waals surface area contributed by atoms with Crippen LogP contribution in [0.4, 0.5) is 0 Å². The van der Waals surface area contributed by atoms with Crippen LogP contribution in [-0.4, -0.2) is 29.9 Å². The molecule has 92 valence electrons. The Hall–Kier alpha value is -0.570. The van der Waals surface area contributed by atoms with Crippen LogP contribution in [0.2, 0.25) is 0 Å². The van der Waals surface area contributed by atoms with E-state index in [1.165, 1.54) is 25.7 Å². The lowest BCUT2D eigenvalue weighted by atomic mass is 9.87. The Bertz CT molecular complexity index is 255. The molecule has 0 atom stereocenters. The van der Waals surface area contributed by atoms with Gasteiger partial charge in [-0.2, -0.15) is 0 Å². The summed E-state index contributed by atoms with van der Waals surface area (Å²) in [6, 6.07) is 0.538. The maximum absolute atomic E-state index is 12.5. The Morgan fingerprint density at radius 2 is 2.00 bits per heavy atom. The van der Waals surface area contributed by atoms with Gasteiger partial charge < -0.3 is 10.6 Å². The van der Waals surface area contributed by atoms with Crippen molar-refractivity contribution in [1.29, 1.82) is 0 Å². The minimum absolute atomic E-state index is 0.0583. The number of nitrogens with two attached hydrogens (primary N) is 1. The van der Waals surface area contributed by atoms with Crippen molar-refractivity contribution < 1.29 is 4.79 Å². The molecule has 0 aromatic heterocycles. The van der Waals surface area contributed by atoms with Crippen molar-refractivity contribution in [2.45, 2.75) is 57.9 Å². The van der Waals surface area contributed by atoms with E-state index in [0.29, 0.717) is 18.5 Å². The second-order valence-electron chi connectivity index (χ2n) is 5.64. The van der Waals surface area contributed by atoms with Crippen LogP contribution in [0.3, 0.4) is 0 Å². The molecule has 0 unspecified atom stereocenters. The second kappa shape index (κ2) is 4.74. The molecular formula is C13H24N2O. The minimum atomic E-state index is -0.0583. The molecule has 0 aliphatic heterocycles. The molecule has 3 heteroatoms. The molecule has 3 nitrogen and oxygen atoms in total. The van der Waals surface area contributed by atoms with Crippen molar-refractivity contribution in [3.05, 3.63) is 0 Å². The van der Waals surface area contributed by atoms with Gasteiger partial charge >= 0.3 is 0 Å². The summed E-state index contributed by atoms with van der Waals surface area (Å²) in [6.45, 7) is 3.71. The average molecular weight is 224 g/mol. The number of amides is 1. The molecule has 0 spiro atoms. The Kier molecular flexibility index (Phi) is 3.53. The van der Waals surface area contributed by atoms with Gasteiger partial charge in [0.2, 0.25) is 5.91 Å². The maximum Gasteiger partial charge on any atom is 0.228 e. The third-order valence-electron chi connectivity index (χ3n) is 4.08. The zero-order valence-electron chi connectivity index (χ0n) is 10.4. The van der Waals surface area contributed by atoms with Gasteiger partial charge in [0, 0.05) is 18.0 Å². The molecule has 2 aliphatic rings. The van der Waals surface area contributed by atoms with Crippen molar-refractivity contribution in [3.8, 4) is 0 Å². The molecule has 16 heavy (non-hydrogen) atoms. The van der Waals surface area contributed by atoms with Crippen LogP contribution >= 0.6 is 0 Å². The molecule has 2 fully saturated rings. The van der Waals surface area contributed by atoms with Crippen LogP contribution < -0.4 is 5.73 Å². The van der Waals surface area contributed by atoms with Gasteiger partial charge in [-0.1, -0.05) is 19.8 Å². The molecule has 0 aromatic carbocycles. The first-order chi connectivity index (χ1) is 7.67. The quantitative estimate of drug-likeness (QED) is 0.775. The normalized spacial score (nSPS) is 23.4. The summed E-state index contributed by atoms with van der Waals surface area (Å²) in [5.74, 6) is 0.404. The van der Waals surface area contributed by atoms with Crippen molar-refractivity contribution in [2.75, 3.05) is 13.1 Å². The van der Waals surface area contributed by atoms with Crippen molar-refractivity contribution in [3.63, 3.8) is 0 Å². The summed E-state index contributed by atoms with van der Waals surface area (Å²) in [5.41, 5.74) is 5.49. The van der Waals surface area contributed by atoms with E-state index in [1.807, 2.05) is 0 Å². The van der Waals surface area contributed by atoms with Crippen LogP contribution in [0.5, 0.6) is 0 Å². The zero-order chi connectivity index (χ0) is 11.6. The number of nitrogens with zero attached hydrogens (tertiary/aromatic N) is 1. The molecule has 0 aromatic rings. The summed E-state index contributed by atoms with van der Waals surface area (Å²) in [6.07, 6.45) is 7.95. The Morgan fingerprint density at radius 3 is 2.50 bits per heavy atom. The average Bonchev–Trinajstić information content (AvgIpc) is 3.01. The van der Waals surface area contributed by atoms with Crippen LogP contribution in [0.15, 0.2) is 0 Å². The highest BCUT2D eigenvalue weighted by molar-refractivity contribution is 5.83. The van der Waals surface area contributed by atoms with E-state index >= 15 is 0 Å². The van der Waals surface area contributed by atoms with Gasteiger partial charge in [-0.15, -0.1) is 0 Å². The highest BCUT2D eigenvalue weighted by Crippen LogP contribution is 2.41. The Balaban J connectivity index is 1.98. The van der Waals surface area contributed by atoms with E-state index in [-0.39, 0.29) is 5.41 Å². The molecule has 2 rings (SSSR count). The number of hydrogen-bond donors (Lipinski definition) is 1. The lowest BCUT2D eigenvalue weighted by molar-refractivity contribution is -0.141. The molecule has 2 saturated carbocycles. The number of carbonyl (C=O) groups excluding carboxylic acids is 1. The summed E-state index contributed by atoms with van der Waals surface area (Å²) < 4.78 is 0. The molecule has 2 aliphatic carbocycles. The fourth-order valence-corrected chi connectivity index (χ4v) is 2.81. The topological polar surface area (TPSA) is 46.3 Å². The standard InChI is InChI=1S/C13H24N2O/c1-13(7-2-3-8-13)12(16)15(10-4-9-14)11-5-6-11/h11H,2-10,14H2,1H3. The number of carbonyl (C=O) groups is 1. The van der Waals surface area contributed by atoms with Crippen LogP contribution in [0.25, 0.3) is 0 Å². The smallest absolute Gasteiger partial charge is 0.228 e. The monoisotopic (exact) mass is 224 g/mol. The van der Waals surface area contributed by atoms with E-state index in [9.17, 15) is 4.79 Å². The largest absolute Gasteiger partial charge is 0.339 e. The van der Waals surface area contributed by atoms with Gasteiger partial charge in [0.05, 0.1) is 0 Å². The number of rotatable bonds is 5. The first-order valence-electron chi connectivity index (χ1n) is 6.68. The lowest BCUT2D eigenvalue weighted by Crippen LogP contribution is -2.43. The summed E-state index contributed by atoms with van der Waals surface area (Å²) >= 11 is 0. The highest BCUT2D eigenvalue weighted by Gasteiger charge is 2.43. The van der Waals surface area contributed by atoms with Crippen LogP contribution in [0.1, 0.15) is 51.9 Å². The fraction of sp³-hybridized carbons (Fsp3) is 0.923. The summed E-state index contributed by atoms with van der Waals surface area (Å²) in [4.78, 5) is 14.7. The van der Waals surface area contributed by atoms with E-state index < -0.39 is 0 Å². The third kappa shape index (κ3) is 2.40. The summed E-state index contributed by atoms with van der Waals surface area (Å²) in [7, 11) is 0. The minimum Gasteiger partial charge on any atom is -0.339 e. The first-order valence-corrected chi connectivity index (χ1v) is 6.68. The van der Waals surface area contributed by atoms with E-state index in [0.717, 1.165) is 25.8 Å². The molecule has 0 saturated heterocycles. The first kappa shape index (κ1) is 11.9. The van der Waals surface area contributed by atoms with Crippen LogP contribution in [0, 0.1) is 5.41 Å². The highest BCUT2D eigenvalue weighted by atomic mass is 16.2. The SMILES string of the molecule is CC1(C(=O)N(CCCN)C2CC2)CCCC1. The molecule has 2 N–H and O–H groups in total. The van der Waals surface area contributed by atoms with Crippen molar-refractivity contribution in [2.24, 2.45) is 11.1 Å². The van der Waals surface area contributed by atoms with Gasteiger partial charge in [-0.3, -0.25) is 4.79 Å². The zero-order valence-corrected chi connectivity index (χ0v) is 10.4. The van der Waals surface area contributed by atoms with Gasteiger partial charge in [0.25, 0.3) is 0 Å². The lowest BCUT2D eigenvalue weighted by Gasteiger charge is -2.32. The predicted octanol–water partition coefficient (Wildman–Crippen LogP) is 1.91. The Morgan fingerprint density at radius 1 is 1.38 bits per heavy atom. The van der Waals surface area contributed by atoms with E-state index in [1.54, 1.807) is 0 Å².